The standard InChI is InChI=1S/C12H12F3N5O/c1-2-20-7-16-19-11(20)18-10(21)6-8-4-3-5-9(17-8)12(13,14)15/h3-5,7H,2,6H2,1H3,(H,18,19,21). The minimum atomic E-state index is -4.53. The molecule has 1 amide bonds. The summed E-state index contributed by atoms with van der Waals surface area (Å²) in [7, 11) is 0. The molecule has 112 valence electrons. The number of nitrogens with one attached hydrogen (secondary N) is 1. The number of hydrogen-bond donors (Lipinski definition) is 1. The van der Waals surface area contributed by atoms with Gasteiger partial charge in [-0.1, -0.05) is 6.07 Å². The Balaban J connectivity index is 2.06. The van der Waals surface area contributed by atoms with Crippen LogP contribution in [0.5, 0.6) is 0 Å². The van der Waals surface area contributed by atoms with E-state index in [4.69, 9.17) is 0 Å². The van der Waals surface area contributed by atoms with Crippen LogP contribution in [-0.4, -0.2) is 25.7 Å². The molecule has 0 saturated heterocycles. The average Bonchev–Trinajstić information content (AvgIpc) is 2.85. The number of anilines is 1. The molecule has 0 aliphatic heterocycles. The van der Waals surface area contributed by atoms with Crippen molar-refractivity contribution < 1.29 is 18.0 Å². The van der Waals surface area contributed by atoms with Gasteiger partial charge in [0.1, 0.15) is 12.0 Å². The van der Waals surface area contributed by atoms with Crippen molar-refractivity contribution in [2.24, 2.45) is 0 Å². The lowest BCUT2D eigenvalue weighted by Gasteiger charge is -2.08. The summed E-state index contributed by atoms with van der Waals surface area (Å²) in [5.74, 6) is -0.265. The summed E-state index contributed by atoms with van der Waals surface area (Å²) in [5, 5.41) is 9.82. The number of alkyl halides is 3. The van der Waals surface area contributed by atoms with Gasteiger partial charge in [-0.25, -0.2) is 4.98 Å². The van der Waals surface area contributed by atoms with Gasteiger partial charge in [0.05, 0.1) is 12.1 Å². The van der Waals surface area contributed by atoms with Gasteiger partial charge in [0.25, 0.3) is 0 Å². The fourth-order valence-electron chi connectivity index (χ4n) is 1.65. The first-order valence-corrected chi connectivity index (χ1v) is 6.11. The number of rotatable bonds is 4. The zero-order valence-electron chi connectivity index (χ0n) is 11.1. The Morgan fingerprint density at radius 2 is 2.14 bits per heavy atom. The molecular weight excluding hydrogens is 287 g/mol. The highest BCUT2D eigenvalue weighted by Crippen LogP contribution is 2.27. The molecule has 0 bridgehead atoms. The summed E-state index contributed by atoms with van der Waals surface area (Å²) in [6, 6.07) is 3.43. The third kappa shape index (κ3) is 3.77. The first kappa shape index (κ1) is 14.9. The third-order valence-electron chi connectivity index (χ3n) is 2.65. The first-order valence-electron chi connectivity index (χ1n) is 6.11. The van der Waals surface area contributed by atoms with Crippen LogP contribution in [0.4, 0.5) is 19.1 Å². The summed E-state index contributed by atoms with van der Waals surface area (Å²) in [5.41, 5.74) is -0.991. The van der Waals surface area contributed by atoms with Gasteiger partial charge in [-0.05, 0) is 19.1 Å². The van der Waals surface area contributed by atoms with Gasteiger partial charge in [-0.2, -0.15) is 13.2 Å². The van der Waals surface area contributed by atoms with E-state index < -0.39 is 17.8 Å². The van der Waals surface area contributed by atoms with E-state index in [9.17, 15) is 18.0 Å². The normalized spacial score (nSPS) is 11.4. The second-order valence-corrected chi connectivity index (χ2v) is 4.18. The molecule has 0 spiro atoms. The zero-order valence-corrected chi connectivity index (χ0v) is 11.1. The smallest absolute Gasteiger partial charge is 0.300 e. The van der Waals surface area contributed by atoms with E-state index in [1.54, 1.807) is 4.57 Å². The summed E-state index contributed by atoms with van der Waals surface area (Å²) < 4.78 is 39.2. The quantitative estimate of drug-likeness (QED) is 0.935. The number of aryl methyl sites for hydroxylation is 1. The maximum atomic E-state index is 12.5. The second-order valence-electron chi connectivity index (χ2n) is 4.18. The Morgan fingerprint density at radius 1 is 1.38 bits per heavy atom. The molecule has 1 N–H and O–H groups in total. The van der Waals surface area contributed by atoms with Crippen molar-refractivity contribution >= 4 is 11.9 Å². The lowest BCUT2D eigenvalue weighted by molar-refractivity contribution is -0.141. The van der Waals surface area contributed by atoms with Gasteiger partial charge < -0.3 is 4.57 Å². The molecule has 2 aromatic heterocycles. The van der Waals surface area contributed by atoms with Crippen LogP contribution >= 0.6 is 0 Å². The largest absolute Gasteiger partial charge is 0.433 e. The minimum Gasteiger partial charge on any atom is -0.300 e. The Hall–Kier alpha value is -2.45. The maximum absolute atomic E-state index is 12.5. The molecule has 6 nitrogen and oxygen atoms in total. The molecule has 0 aliphatic carbocycles. The second kappa shape index (κ2) is 5.90. The van der Waals surface area contributed by atoms with Crippen molar-refractivity contribution in [1.82, 2.24) is 19.7 Å². The van der Waals surface area contributed by atoms with E-state index in [1.807, 2.05) is 6.92 Å². The minimum absolute atomic E-state index is 0.0323. The predicted molar refractivity (Wildman–Crippen MR) is 67.3 cm³/mol. The number of aromatic nitrogens is 4. The summed E-state index contributed by atoms with van der Waals surface area (Å²) in [6.07, 6.45) is -3.37. The average molecular weight is 299 g/mol. The number of pyridine rings is 1. The highest BCUT2D eigenvalue weighted by Gasteiger charge is 2.32. The summed E-state index contributed by atoms with van der Waals surface area (Å²) >= 11 is 0. The monoisotopic (exact) mass is 299 g/mol. The number of carbonyl (C=O) groups is 1. The van der Waals surface area contributed by atoms with Crippen molar-refractivity contribution in [1.29, 1.82) is 0 Å². The number of amides is 1. The number of nitrogens with zero attached hydrogens (tertiary/aromatic N) is 4. The Kier molecular flexibility index (Phi) is 4.20. The van der Waals surface area contributed by atoms with Gasteiger partial charge in [0.15, 0.2) is 0 Å². The fraction of sp³-hybridized carbons (Fsp3) is 0.333. The van der Waals surface area contributed by atoms with Gasteiger partial charge in [0.2, 0.25) is 11.9 Å². The molecule has 0 aliphatic rings. The fourth-order valence-corrected chi connectivity index (χ4v) is 1.65. The molecule has 21 heavy (non-hydrogen) atoms. The van der Waals surface area contributed by atoms with Crippen molar-refractivity contribution in [3.05, 3.63) is 35.9 Å². The third-order valence-corrected chi connectivity index (χ3v) is 2.65. The highest BCUT2D eigenvalue weighted by molar-refractivity contribution is 5.90. The van der Waals surface area contributed by atoms with Crippen molar-refractivity contribution in [3.8, 4) is 0 Å². The molecule has 9 heteroatoms. The molecule has 2 heterocycles. The lowest BCUT2D eigenvalue weighted by Crippen LogP contribution is -2.19. The van der Waals surface area contributed by atoms with Gasteiger partial charge >= 0.3 is 6.18 Å². The number of halogens is 3. The van der Waals surface area contributed by atoms with Gasteiger partial charge in [0, 0.05) is 6.54 Å². The topological polar surface area (TPSA) is 72.7 Å². The van der Waals surface area contributed by atoms with Crippen LogP contribution in [-0.2, 0) is 23.9 Å². The lowest BCUT2D eigenvalue weighted by atomic mass is 10.2. The van der Waals surface area contributed by atoms with Crippen molar-refractivity contribution in [2.45, 2.75) is 26.1 Å². The molecule has 0 atom stereocenters. The predicted octanol–water partition coefficient (Wildman–Crippen LogP) is 1.89. The van der Waals surface area contributed by atoms with Crippen molar-refractivity contribution in [3.63, 3.8) is 0 Å². The Bertz CT molecular complexity index is 638. The summed E-state index contributed by atoms with van der Waals surface area (Å²) in [4.78, 5) is 15.2. The maximum Gasteiger partial charge on any atom is 0.433 e. The van der Waals surface area contributed by atoms with Crippen molar-refractivity contribution in [2.75, 3.05) is 5.32 Å². The Labute approximate surface area is 118 Å². The van der Waals surface area contributed by atoms with E-state index in [0.717, 1.165) is 6.07 Å². The molecular formula is C12H12F3N5O. The SMILES string of the molecule is CCn1cnnc1NC(=O)Cc1cccc(C(F)(F)F)n1. The van der Waals surface area contributed by atoms with E-state index >= 15 is 0 Å². The summed E-state index contributed by atoms with van der Waals surface area (Å²) in [6.45, 7) is 2.40. The highest BCUT2D eigenvalue weighted by atomic mass is 19.4. The molecule has 0 unspecified atom stereocenters. The van der Waals surface area contributed by atoms with Crippen LogP contribution in [0.15, 0.2) is 24.5 Å². The van der Waals surface area contributed by atoms with E-state index in [0.29, 0.717) is 6.54 Å². The number of carbonyl (C=O) groups excluding carboxylic acids is 1. The van der Waals surface area contributed by atoms with Crippen LogP contribution in [0, 0.1) is 0 Å². The molecule has 0 radical (unpaired) electrons. The van der Waals surface area contributed by atoms with Crippen LogP contribution < -0.4 is 5.32 Å². The van der Waals surface area contributed by atoms with E-state index in [-0.39, 0.29) is 18.1 Å². The molecule has 0 aromatic carbocycles. The molecule has 2 aromatic rings. The molecule has 2 rings (SSSR count). The molecule has 0 saturated carbocycles. The zero-order chi connectivity index (χ0) is 15.5. The number of hydrogen-bond acceptors (Lipinski definition) is 4. The van der Waals surface area contributed by atoms with Crippen LogP contribution in [0.3, 0.4) is 0 Å². The first-order chi connectivity index (χ1) is 9.90. The van der Waals surface area contributed by atoms with Crippen LogP contribution in [0.1, 0.15) is 18.3 Å². The van der Waals surface area contributed by atoms with E-state index in [2.05, 4.69) is 20.5 Å². The van der Waals surface area contributed by atoms with E-state index in [1.165, 1.54) is 18.5 Å². The van der Waals surface area contributed by atoms with Crippen LogP contribution in [0.2, 0.25) is 0 Å². The van der Waals surface area contributed by atoms with Gasteiger partial charge in [-0.15, -0.1) is 10.2 Å². The van der Waals surface area contributed by atoms with Gasteiger partial charge in [-0.3, -0.25) is 10.1 Å². The molecule has 0 fully saturated rings. The Morgan fingerprint density at radius 3 is 2.81 bits per heavy atom. The van der Waals surface area contributed by atoms with Crippen LogP contribution in [0.25, 0.3) is 0 Å².